The van der Waals surface area contributed by atoms with E-state index in [2.05, 4.69) is 5.16 Å². The van der Waals surface area contributed by atoms with Crippen molar-refractivity contribution in [3.8, 4) is 11.1 Å². The van der Waals surface area contributed by atoms with Gasteiger partial charge in [0.1, 0.15) is 11.6 Å². The second-order valence-electron chi connectivity index (χ2n) is 3.57. The monoisotopic (exact) mass is 235 g/mol. The molecule has 0 unspecified atom stereocenters. The molecule has 1 aromatic carbocycles. The average molecular weight is 235 g/mol. The van der Waals surface area contributed by atoms with Crippen LogP contribution in [0, 0.1) is 5.82 Å². The van der Waals surface area contributed by atoms with Crippen molar-refractivity contribution < 1.29 is 18.8 Å². The Morgan fingerprint density at radius 1 is 1.47 bits per heavy atom. The lowest BCUT2D eigenvalue weighted by Crippen LogP contribution is -1.97. The van der Waals surface area contributed by atoms with Gasteiger partial charge >= 0.3 is 5.97 Å². The van der Waals surface area contributed by atoms with Gasteiger partial charge < -0.3 is 9.63 Å². The first-order valence-electron chi connectivity index (χ1n) is 5.08. The number of halogens is 1. The Bertz CT molecular complexity index is 536. The van der Waals surface area contributed by atoms with Crippen LogP contribution in [0.1, 0.15) is 12.2 Å². The molecule has 1 N–H and O–H groups in total. The van der Waals surface area contributed by atoms with Crippen LogP contribution >= 0.6 is 0 Å². The summed E-state index contributed by atoms with van der Waals surface area (Å²) in [7, 11) is 0. The summed E-state index contributed by atoms with van der Waals surface area (Å²) in [6, 6.07) is 6.00. The summed E-state index contributed by atoms with van der Waals surface area (Å²) in [5, 5.41) is 12.2. The predicted molar refractivity (Wildman–Crippen MR) is 57.9 cm³/mol. The molecule has 1 aromatic heterocycles. The number of nitrogens with zero attached hydrogens (tertiary/aromatic N) is 1. The molecular formula is C12H10FNO3. The molecule has 0 aliphatic carbocycles. The molecule has 5 heteroatoms. The molecule has 1 heterocycles. The molecule has 0 radical (unpaired) electrons. The smallest absolute Gasteiger partial charge is 0.303 e. The van der Waals surface area contributed by atoms with E-state index in [-0.39, 0.29) is 18.7 Å². The van der Waals surface area contributed by atoms with Crippen molar-refractivity contribution in [3.63, 3.8) is 0 Å². The van der Waals surface area contributed by atoms with Crippen molar-refractivity contribution >= 4 is 5.97 Å². The van der Waals surface area contributed by atoms with Crippen LogP contribution in [-0.4, -0.2) is 16.2 Å². The zero-order valence-corrected chi connectivity index (χ0v) is 8.89. The second-order valence-corrected chi connectivity index (χ2v) is 3.57. The fourth-order valence-corrected chi connectivity index (χ4v) is 1.56. The molecule has 0 fully saturated rings. The molecule has 0 spiro atoms. The molecular weight excluding hydrogens is 225 g/mol. The Balaban J connectivity index is 2.27. The molecule has 0 saturated heterocycles. The summed E-state index contributed by atoms with van der Waals surface area (Å²) in [5.41, 5.74) is 1.26. The summed E-state index contributed by atoms with van der Waals surface area (Å²) in [5.74, 6) is -0.808. The van der Waals surface area contributed by atoms with Crippen molar-refractivity contribution in [1.29, 1.82) is 0 Å². The Morgan fingerprint density at radius 3 is 3.00 bits per heavy atom. The van der Waals surface area contributed by atoms with E-state index in [0.29, 0.717) is 16.9 Å². The Hall–Kier alpha value is -2.17. The standard InChI is InChI=1S/C12H10FNO3/c13-9-3-1-2-8(6-9)10-7-14-17-11(10)4-5-12(15)16/h1-3,6-7H,4-5H2,(H,15,16). The lowest BCUT2D eigenvalue weighted by molar-refractivity contribution is -0.137. The van der Waals surface area contributed by atoms with Crippen molar-refractivity contribution in [3.05, 3.63) is 42.0 Å². The number of rotatable bonds is 4. The number of hydrogen-bond donors (Lipinski definition) is 1. The zero-order chi connectivity index (χ0) is 12.3. The summed E-state index contributed by atoms with van der Waals surface area (Å²) in [6.45, 7) is 0. The van der Waals surface area contributed by atoms with E-state index in [1.54, 1.807) is 12.1 Å². The molecule has 0 aliphatic rings. The maximum atomic E-state index is 13.1. The van der Waals surface area contributed by atoms with Crippen molar-refractivity contribution in [1.82, 2.24) is 5.16 Å². The minimum atomic E-state index is -0.911. The number of benzene rings is 1. The van der Waals surface area contributed by atoms with Crippen molar-refractivity contribution in [2.75, 3.05) is 0 Å². The summed E-state index contributed by atoms with van der Waals surface area (Å²) < 4.78 is 18.0. The Labute approximate surface area is 96.7 Å². The van der Waals surface area contributed by atoms with Gasteiger partial charge in [0.05, 0.1) is 12.6 Å². The molecule has 2 rings (SSSR count). The highest BCUT2D eigenvalue weighted by molar-refractivity contribution is 5.69. The van der Waals surface area contributed by atoms with Crippen LogP contribution in [0.3, 0.4) is 0 Å². The highest BCUT2D eigenvalue weighted by atomic mass is 19.1. The lowest BCUT2D eigenvalue weighted by atomic mass is 10.0. The number of aryl methyl sites for hydroxylation is 1. The molecule has 0 atom stereocenters. The van der Waals surface area contributed by atoms with E-state index in [9.17, 15) is 9.18 Å². The van der Waals surface area contributed by atoms with E-state index in [0.717, 1.165) is 0 Å². The maximum absolute atomic E-state index is 13.1. The molecule has 4 nitrogen and oxygen atoms in total. The van der Waals surface area contributed by atoms with Gasteiger partial charge in [0, 0.05) is 12.0 Å². The van der Waals surface area contributed by atoms with E-state index in [1.807, 2.05) is 0 Å². The first-order chi connectivity index (χ1) is 8.16. The molecule has 0 aliphatic heterocycles. The summed E-state index contributed by atoms with van der Waals surface area (Å²) >= 11 is 0. The lowest BCUT2D eigenvalue weighted by Gasteiger charge is -2.00. The van der Waals surface area contributed by atoms with Crippen LogP contribution in [0.15, 0.2) is 35.0 Å². The van der Waals surface area contributed by atoms with E-state index >= 15 is 0 Å². The Kier molecular flexibility index (Phi) is 3.18. The van der Waals surface area contributed by atoms with E-state index in [1.165, 1.54) is 18.3 Å². The summed E-state index contributed by atoms with van der Waals surface area (Å²) in [4.78, 5) is 10.5. The topological polar surface area (TPSA) is 63.3 Å². The highest BCUT2D eigenvalue weighted by Crippen LogP contribution is 2.24. The van der Waals surface area contributed by atoms with Crippen molar-refractivity contribution in [2.24, 2.45) is 0 Å². The second kappa shape index (κ2) is 4.78. The van der Waals surface area contributed by atoms with Gasteiger partial charge in [-0.25, -0.2) is 4.39 Å². The van der Waals surface area contributed by atoms with Crippen molar-refractivity contribution in [2.45, 2.75) is 12.8 Å². The highest BCUT2D eigenvalue weighted by Gasteiger charge is 2.12. The van der Waals surface area contributed by atoms with Crippen LogP contribution < -0.4 is 0 Å². The van der Waals surface area contributed by atoms with Crippen LogP contribution in [-0.2, 0) is 11.2 Å². The number of carboxylic acids is 1. The van der Waals surface area contributed by atoms with E-state index in [4.69, 9.17) is 9.63 Å². The van der Waals surface area contributed by atoms with Gasteiger partial charge in [0.25, 0.3) is 0 Å². The molecule has 88 valence electrons. The van der Waals surface area contributed by atoms with Gasteiger partial charge in [-0.2, -0.15) is 0 Å². The van der Waals surface area contributed by atoms with Gasteiger partial charge in [-0.1, -0.05) is 17.3 Å². The predicted octanol–water partition coefficient (Wildman–Crippen LogP) is 2.50. The number of aromatic nitrogens is 1. The third-order valence-electron chi connectivity index (χ3n) is 2.35. The molecule has 0 bridgehead atoms. The van der Waals surface area contributed by atoms with Gasteiger partial charge in [-0.15, -0.1) is 0 Å². The molecule has 17 heavy (non-hydrogen) atoms. The number of carboxylic acid groups (broad SMARTS) is 1. The quantitative estimate of drug-likeness (QED) is 0.884. The number of aliphatic carboxylic acids is 1. The third-order valence-corrected chi connectivity index (χ3v) is 2.35. The largest absolute Gasteiger partial charge is 0.481 e. The third kappa shape index (κ3) is 2.69. The SMILES string of the molecule is O=C(O)CCc1oncc1-c1cccc(F)c1. The average Bonchev–Trinajstić information content (AvgIpc) is 2.74. The van der Waals surface area contributed by atoms with Gasteiger partial charge in [-0.05, 0) is 17.7 Å². The molecule has 2 aromatic rings. The van der Waals surface area contributed by atoms with Gasteiger partial charge in [0.2, 0.25) is 0 Å². The summed E-state index contributed by atoms with van der Waals surface area (Å²) in [6.07, 6.45) is 1.66. The molecule has 0 amide bonds. The number of hydrogen-bond acceptors (Lipinski definition) is 3. The Morgan fingerprint density at radius 2 is 2.29 bits per heavy atom. The van der Waals surface area contributed by atoms with Crippen LogP contribution in [0.25, 0.3) is 11.1 Å². The minimum absolute atomic E-state index is 0.0441. The fourth-order valence-electron chi connectivity index (χ4n) is 1.56. The molecule has 0 saturated carbocycles. The number of carbonyl (C=O) groups is 1. The van der Waals surface area contributed by atoms with Crippen LogP contribution in [0.2, 0.25) is 0 Å². The zero-order valence-electron chi connectivity index (χ0n) is 8.89. The first-order valence-corrected chi connectivity index (χ1v) is 5.08. The van der Waals surface area contributed by atoms with E-state index < -0.39 is 5.97 Å². The van der Waals surface area contributed by atoms with Gasteiger partial charge in [0.15, 0.2) is 0 Å². The van der Waals surface area contributed by atoms with Crippen LogP contribution in [0.4, 0.5) is 4.39 Å². The van der Waals surface area contributed by atoms with Crippen LogP contribution in [0.5, 0.6) is 0 Å². The fraction of sp³-hybridized carbons (Fsp3) is 0.167. The minimum Gasteiger partial charge on any atom is -0.481 e. The maximum Gasteiger partial charge on any atom is 0.303 e. The van der Waals surface area contributed by atoms with Gasteiger partial charge in [-0.3, -0.25) is 4.79 Å². The first kappa shape index (κ1) is 11.3. The normalized spacial score (nSPS) is 10.4.